The van der Waals surface area contributed by atoms with E-state index in [1.807, 2.05) is 24.3 Å². The van der Waals surface area contributed by atoms with Crippen LogP contribution in [0.4, 0.5) is 17.6 Å². The van der Waals surface area contributed by atoms with E-state index in [-0.39, 0.29) is 11.5 Å². The number of unbranched alkanes of at least 4 members (excludes halogenated alkanes) is 7. The van der Waals surface area contributed by atoms with Crippen molar-refractivity contribution in [3.05, 3.63) is 59.7 Å². The molecule has 2 aromatic rings. The maximum absolute atomic E-state index is 12.2. The minimum absolute atomic E-state index is 0.248. The van der Waals surface area contributed by atoms with Gasteiger partial charge in [0.1, 0.15) is 11.5 Å². The van der Waals surface area contributed by atoms with Crippen LogP contribution in [0, 0.1) is 23.7 Å². The summed E-state index contributed by atoms with van der Waals surface area (Å²) in [6.07, 6.45) is 30.9. The fraction of sp³-hybridized carbons (Fsp3) is 0.721. The summed E-state index contributed by atoms with van der Waals surface area (Å²) in [6.45, 7) is -0.946. The van der Waals surface area contributed by atoms with Crippen LogP contribution in [-0.2, 0) is 12.8 Å². The lowest BCUT2D eigenvalue weighted by molar-refractivity contribution is -0.0505. The van der Waals surface area contributed by atoms with E-state index < -0.39 is 13.2 Å². The van der Waals surface area contributed by atoms with Gasteiger partial charge in [0.15, 0.2) is 0 Å². The van der Waals surface area contributed by atoms with E-state index in [4.69, 9.17) is 0 Å². The van der Waals surface area contributed by atoms with Crippen molar-refractivity contribution in [2.45, 2.75) is 175 Å². The Balaban J connectivity index is 0.000000266. The fourth-order valence-corrected chi connectivity index (χ4v) is 7.93. The van der Waals surface area contributed by atoms with Gasteiger partial charge in [-0.2, -0.15) is 17.6 Å². The third-order valence-corrected chi connectivity index (χ3v) is 11.1. The Morgan fingerprint density at radius 2 is 0.755 bits per heavy atom. The van der Waals surface area contributed by atoms with E-state index in [1.165, 1.54) is 146 Å². The van der Waals surface area contributed by atoms with Crippen LogP contribution in [0.2, 0.25) is 0 Å². The maximum atomic E-state index is 12.2. The molecule has 0 saturated heterocycles. The van der Waals surface area contributed by atoms with Crippen LogP contribution >= 0.6 is 0 Å². The first-order chi connectivity index (χ1) is 23.8. The van der Waals surface area contributed by atoms with E-state index >= 15 is 0 Å². The number of benzene rings is 2. The van der Waals surface area contributed by atoms with Gasteiger partial charge in [0.2, 0.25) is 0 Å². The van der Waals surface area contributed by atoms with E-state index in [0.29, 0.717) is 0 Å². The van der Waals surface area contributed by atoms with Crippen LogP contribution in [0.25, 0.3) is 0 Å². The minimum Gasteiger partial charge on any atom is -0.435 e. The van der Waals surface area contributed by atoms with E-state index in [9.17, 15) is 17.6 Å². The second-order valence-corrected chi connectivity index (χ2v) is 14.9. The smallest absolute Gasteiger partial charge is 0.387 e. The number of ether oxygens (including phenoxy) is 2. The molecule has 2 aliphatic carbocycles. The zero-order valence-electron chi connectivity index (χ0n) is 30.7. The molecule has 2 saturated carbocycles. The standard InChI is InChI=1S/C22H34F2O.C21H32F2O/c1-2-3-4-5-6-7-18-8-10-19(11-9-18)12-13-20-14-16-21(17-15-20)25-22(23)24;1-2-3-4-5-6-17-7-9-18(10-8-17)11-12-19-13-15-20(16-14-19)24-21(22)23/h14-19,22H,2-13H2,1H3;13-18,21H,2-12H2,1H3. The number of alkyl halides is 4. The van der Waals surface area contributed by atoms with Crippen LogP contribution < -0.4 is 9.47 Å². The molecular formula is C43H66F4O2. The molecule has 0 amide bonds. The summed E-state index contributed by atoms with van der Waals surface area (Å²) in [7, 11) is 0. The van der Waals surface area contributed by atoms with E-state index in [0.717, 1.165) is 36.5 Å². The highest BCUT2D eigenvalue weighted by molar-refractivity contribution is 5.28. The monoisotopic (exact) mass is 690 g/mol. The number of rotatable bonds is 21. The molecule has 2 fully saturated rings. The Kier molecular flexibility index (Phi) is 20.9. The Morgan fingerprint density at radius 1 is 0.449 bits per heavy atom. The van der Waals surface area contributed by atoms with Gasteiger partial charge in [0, 0.05) is 0 Å². The maximum Gasteiger partial charge on any atom is 0.387 e. The topological polar surface area (TPSA) is 18.5 Å². The Labute approximate surface area is 296 Å². The van der Waals surface area contributed by atoms with Crippen molar-refractivity contribution in [2.24, 2.45) is 23.7 Å². The Morgan fingerprint density at radius 3 is 1.08 bits per heavy atom. The molecule has 278 valence electrons. The molecule has 0 radical (unpaired) electrons. The van der Waals surface area contributed by atoms with Gasteiger partial charge in [0.25, 0.3) is 0 Å². The quantitative estimate of drug-likeness (QED) is 0.0959. The third-order valence-electron chi connectivity index (χ3n) is 11.1. The molecule has 2 aromatic carbocycles. The molecule has 0 N–H and O–H groups in total. The van der Waals surface area contributed by atoms with Gasteiger partial charge >= 0.3 is 13.2 Å². The van der Waals surface area contributed by atoms with Crippen LogP contribution in [0.15, 0.2) is 48.5 Å². The Bertz CT molecular complexity index is 1060. The van der Waals surface area contributed by atoms with Crippen molar-refractivity contribution in [3.63, 3.8) is 0 Å². The molecule has 0 aromatic heterocycles. The molecule has 0 unspecified atom stereocenters. The predicted molar refractivity (Wildman–Crippen MR) is 196 cm³/mol. The summed E-state index contributed by atoms with van der Waals surface area (Å²) >= 11 is 0. The number of halogens is 4. The second-order valence-electron chi connectivity index (χ2n) is 14.9. The highest BCUT2D eigenvalue weighted by atomic mass is 19.3. The second kappa shape index (κ2) is 24.8. The normalized spacial score (nSPS) is 21.0. The van der Waals surface area contributed by atoms with Gasteiger partial charge in [0.05, 0.1) is 0 Å². The lowest BCUT2D eigenvalue weighted by Crippen LogP contribution is -2.15. The zero-order chi connectivity index (χ0) is 35.1. The summed E-state index contributed by atoms with van der Waals surface area (Å²) in [5.74, 6) is 4.10. The SMILES string of the molecule is CCCCCCC1CCC(CCc2ccc(OC(F)F)cc2)CC1.CCCCCCCC1CCC(CCc2ccc(OC(F)F)cc2)CC1. The van der Waals surface area contributed by atoms with Crippen molar-refractivity contribution < 1.29 is 27.0 Å². The summed E-state index contributed by atoms with van der Waals surface area (Å²) in [6, 6.07) is 14.3. The van der Waals surface area contributed by atoms with Gasteiger partial charge in [-0.1, -0.05) is 160 Å². The number of hydrogen-bond donors (Lipinski definition) is 0. The van der Waals surface area contributed by atoms with Crippen molar-refractivity contribution in [1.29, 1.82) is 0 Å². The molecule has 0 spiro atoms. The zero-order valence-corrected chi connectivity index (χ0v) is 30.7. The van der Waals surface area contributed by atoms with E-state index in [1.54, 1.807) is 24.3 Å². The fourth-order valence-electron chi connectivity index (χ4n) is 7.93. The van der Waals surface area contributed by atoms with Crippen molar-refractivity contribution >= 4 is 0 Å². The molecule has 0 aliphatic heterocycles. The third kappa shape index (κ3) is 18.5. The lowest BCUT2D eigenvalue weighted by Gasteiger charge is -2.28. The van der Waals surface area contributed by atoms with Gasteiger partial charge in [-0.05, 0) is 84.7 Å². The highest BCUT2D eigenvalue weighted by Gasteiger charge is 2.22. The van der Waals surface area contributed by atoms with Crippen molar-refractivity contribution in [3.8, 4) is 11.5 Å². The summed E-state index contributed by atoms with van der Waals surface area (Å²) in [5, 5.41) is 0. The van der Waals surface area contributed by atoms with Gasteiger partial charge in [-0.15, -0.1) is 0 Å². The molecule has 0 atom stereocenters. The van der Waals surface area contributed by atoms with Gasteiger partial charge in [-0.25, -0.2) is 0 Å². The molecule has 4 rings (SSSR count). The predicted octanol–water partition coefficient (Wildman–Crippen LogP) is 14.4. The summed E-state index contributed by atoms with van der Waals surface area (Å²) in [4.78, 5) is 0. The van der Waals surface area contributed by atoms with Gasteiger partial charge < -0.3 is 9.47 Å². The number of hydrogen-bond acceptors (Lipinski definition) is 2. The van der Waals surface area contributed by atoms with Crippen LogP contribution in [0.5, 0.6) is 11.5 Å². The highest BCUT2D eigenvalue weighted by Crippen LogP contribution is 2.36. The molecule has 6 heteroatoms. The van der Waals surface area contributed by atoms with Crippen molar-refractivity contribution in [2.75, 3.05) is 0 Å². The first kappa shape index (κ1) is 41.2. The molecule has 49 heavy (non-hydrogen) atoms. The van der Waals surface area contributed by atoms with Crippen molar-refractivity contribution in [1.82, 2.24) is 0 Å². The van der Waals surface area contributed by atoms with Crippen LogP contribution in [0.3, 0.4) is 0 Å². The largest absolute Gasteiger partial charge is 0.435 e. The minimum atomic E-state index is -2.74. The molecular weight excluding hydrogens is 624 g/mol. The average Bonchev–Trinajstić information content (AvgIpc) is 3.10. The lowest BCUT2D eigenvalue weighted by atomic mass is 9.78. The molecule has 0 heterocycles. The van der Waals surface area contributed by atoms with E-state index in [2.05, 4.69) is 23.3 Å². The van der Waals surface area contributed by atoms with Crippen LogP contribution in [0.1, 0.15) is 160 Å². The first-order valence-corrected chi connectivity index (χ1v) is 19.9. The molecule has 0 bridgehead atoms. The first-order valence-electron chi connectivity index (χ1n) is 19.9. The summed E-state index contributed by atoms with van der Waals surface area (Å²) < 4.78 is 57.4. The summed E-state index contributed by atoms with van der Waals surface area (Å²) in [5.41, 5.74) is 2.44. The molecule has 2 aliphatic rings. The average molecular weight is 691 g/mol. The Hall–Kier alpha value is -2.24. The van der Waals surface area contributed by atoms with Crippen LogP contribution in [-0.4, -0.2) is 13.2 Å². The molecule has 2 nitrogen and oxygen atoms in total. The number of aryl methyl sites for hydroxylation is 2. The van der Waals surface area contributed by atoms with Gasteiger partial charge in [-0.3, -0.25) is 0 Å².